The fourth-order valence-corrected chi connectivity index (χ4v) is 3.92. The second-order valence-electron chi connectivity index (χ2n) is 7.34. The average Bonchev–Trinajstić information content (AvgIpc) is 2.55. The van der Waals surface area contributed by atoms with Crippen molar-refractivity contribution >= 4 is 5.91 Å². The fraction of sp³-hybridized carbons (Fsp3) is 0.632. The number of hydrogen-bond donors (Lipinski definition) is 1. The molecule has 0 aliphatic carbocycles. The van der Waals surface area contributed by atoms with Crippen LogP contribution >= 0.6 is 0 Å². The van der Waals surface area contributed by atoms with Gasteiger partial charge in [-0.1, -0.05) is 38.1 Å². The van der Waals surface area contributed by atoms with E-state index in [1.807, 2.05) is 4.90 Å². The van der Waals surface area contributed by atoms with E-state index in [2.05, 4.69) is 43.0 Å². The van der Waals surface area contributed by atoms with E-state index in [0.29, 0.717) is 11.8 Å². The molecule has 4 heteroatoms. The lowest BCUT2D eigenvalue weighted by Gasteiger charge is -2.40. The quantitative estimate of drug-likeness (QED) is 0.928. The van der Waals surface area contributed by atoms with Gasteiger partial charge in [-0.15, -0.1) is 0 Å². The summed E-state index contributed by atoms with van der Waals surface area (Å²) in [6, 6.07) is 8.86. The van der Waals surface area contributed by atoms with Crippen molar-refractivity contribution in [2.24, 2.45) is 11.7 Å². The van der Waals surface area contributed by atoms with Gasteiger partial charge in [0.15, 0.2) is 0 Å². The van der Waals surface area contributed by atoms with Crippen LogP contribution < -0.4 is 5.73 Å². The maximum Gasteiger partial charge on any atom is 0.240 e. The van der Waals surface area contributed by atoms with Gasteiger partial charge in [-0.05, 0) is 36.3 Å². The van der Waals surface area contributed by atoms with E-state index in [1.54, 1.807) is 0 Å². The van der Waals surface area contributed by atoms with Crippen LogP contribution in [0.2, 0.25) is 0 Å². The lowest BCUT2D eigenvalue weighted by molar-refractivity contribution is -0.140. The summed E-state index contributed by atoms with van der Waals surface area (Å²) < 4.78 is 0. The maximum absolute atomic E-state index is 13.1. The van der Waals surface area contributed by atoms with E-state index < -0.39 is 0 Å². The highest BCUT2D eigenvalue weighted by Crippen LogP contribution is 2.25. The maximum atomic E-state index is 13.1. The number of rotatable bonds is 3. The first-order valence-electron chi connectivity index (χ1n) is 8.91. The van der Waals surface area contributed by atoms with Gasteiger partial charge in [0.05, 0.1) is 6.04 Å². The second kappa shape index (κ2) is 7.02. The van der Waals surface area contributed by atoms with Gasteiger partial charge >= 0.3 is 0 Å². The van der Waals surface area contributed by atoms with Gasteiger partial charge in [0.25, 0.3) is 0 Å². The van der Waals surface area contributed by atoms with Crippen molar-refractivity contribution in [1.29, 1.82) is 0 Å². The summed E-state index contributed by atoms with van der Waals surface area (Å²) in [7, 11) is 0. The number of likely N-dealkylation sites (tertiary alicyclic amines) is 1. The van der Waals surface area contributed by atoms with Crippen LogP contribution in [-0.4, -0.2) is 47.4 Å². The number of carbonyl (C=O) groups excluding carboxylic acids is 1. The van der Waals surface area contributed by atoms with Crippen LogP contribution in [0, 0.1) is 5.92 Å². The molecule has 1 fully saturated rings. The third kappa shape index (κ3) is 3.59. The zero-order valence-corrected chi connectivity index (χ0v) is 14.4. The smallest absolute Gasteiger partial charge is 0.240 e. The molecular weight excluding hydrogens is 286 g/mol. The van der Waals surface area contributed by atoms with Gasteiger partial charge < -0.3 is 10.6 Å². The summed E-state index contributed by atoms with van der Waals surface area (Å²) in [4.78, 5) is 17.5. The Morgan fingerprint density at radius 2 is 1.78 bits per heavy atom. The van der Waals surface area contributed by atoms with E-state index in [1.165, 1.54) is 11.1 Å². The highest BCUT2D eigenvalue weighted by molar-refractivity contribution is 5.82. The van der Waals surface area contributed by atoms with Gasteiger partial charge in [0, 0.05) is 32.2 Å². The van der Waals surface area contributed by atoms with Crippen LogP contribution in [-0.2, 0) is 17.8 Å². The van der Waals surface area contributed by atoms with Gasteiger partial charge in [0.1, 0.15) is 0 Å². The summed E-state index contributed by atoms with van der Waals surface area (Å²) in [5.41, 5.74) is 8.79. The van der Waals surface area contributed by atoms with Crippen LogP contribution in [0.3, 0.4) is 0 Å². The highest BCUT2D eigenvalue weighted by atomic mass is 16.2. The molecular formula is C19H29N3O. The van der Waals surface area contributed by atoms with Crippen molar-refractivity contribution < 1.29 is 4.79 Å². The predicted molar refractivity (Wildman–Crippen MR) is 93.0 cm³/mol. The van der Waals surface area contributed by atoms with Gasteiger partial charge in [0.2, 0.25) is 5.91 Å². The Balaban J connectivity index is 1.73. The Bertz CT molecular complexity index is 549. The normalized spacial score (nSPS) is 21.3. The van der Waals surface area contributed by atoms with Gasteiger partial charge in [-0.3, -0.25) is 9.69 Å². The van der Waals surface area contributed by atoms with Crippen molar-refractivity contribution in [3.05, 3.63) is 35.4 Å². The van der Waals surface area contributed by atoms with Crippen LogP contribution in [0.25, 0.3) is 0 Å². The van der Waals surface area contributed by atoms with E-state index in [4.69, 9.17) is 5.73 Å². The molecule has 1 aromatic rings. The van der Waals surface area contributed by atoms with Gasteiger partial charge in [-0.25, -0.2) is 0 Å². The summed E-state index contributed by atoms with van der Waals surface area (Å²) in [5.74, 6) is 0.620. The van der Waals surface area contributed by atoms with E-state index in [9.17, 15) is 4.79 Å². The van der Waals surface area contributed by atoms with Crippen LogP contribution in [0.1, 0.15) is 37.8 Å². The number of amides is 1. The molecule has 1 unspecified atom stereocenters. The Morgan fingerprint density at radius 1 is 1.13 bits per heavy atom. The molecule has 126 valence electrons. The molecule has 23 heavy (non-hydrogen) atoms. The average molecular weight is 315 g/mol. The zero-order valence-electron chi connectivity index (χ0n) is 14.4. The molecule has 0 aromatic heterocycles. The first kappa shape index (κ1) is 16.5. The standard InChI is InChI=1S/C19H29N3O/c1-14(2)18(19(23)21-11-8-17(20)9-12-21)22-10-7-15-5-3-4-6-16(15)13-22/h3-6,14,17-18H,7-13,20H2,1-2H3. The monoisotopic (exact) mass is 315 g/mol. The summed E-state index contributed by atoms with van der Waals surface area (Å²) in [5, 5.41) is 0. The number of hydrogen-bond acceptors (Lipinski definition) is 3. The minimum atomic E-state index is -0.0160. The molecule has 1 atom stereocenters. The Morgan fingerprint density at radius 3 is 2.43 bits per heavy atom. The number of piperidine rings is 1. The van der Waals surface area contributed by atoms with E-state index >= 15 is 0 Å². The largest absolute Gasteiger partial charge is 0.341 e. The van der Waals surface area contributed by atoms with Gasteiger partial charge in [-0.2, -0.15) is 0 Å². The van der Waals surface area contributed by atoms with E-state index in [0.717, 1.165) is 45.4 Å². The number of carbonyl (C=O) groups is 1. The molecule has 3 rings (SSSR count). The third-order valence-corrected chi connectivity index (χ3v) is 5.29. The lowest BCUT2D eigenvalue weighted by Crippen LogP contribution is -2.55. The molecule has 0 radical (unpaired) electrons. The van der Waals surface area contributed by atoms with Crippen LogP contribution in [0.15, 0.2) is 24.3 Å². The van der Waals surface area contributed by atoms with E-state index in [-0.39, 0.29) is 12.1 Å². The molecule has 2 heterocycles. The van der Waals surface area contributed by atoms with Crippen LogP contribution in [0.5, 0.6) is 0 Å². The number of nitrogens with two attached hydrogens (primary N) is 1. The topological polar surface area (TPSA) is 49.6 Å². The highest BCUT2D eigenvalue weighted by Gasteiger charge is 2.35. The van der Waals surface area contributed by atoms with Crippen LogP contribution in [0.4, 0.5) is 0 Å². The molecule has 1 saturated heterocycles. The third-order valence-electron chi connectivity index (χ3n) is 5.29. The fourth-order valence-electron chi connectivity index (χ4n) is 3.92. The summed E-state index contributed by atoms with van der Waals surface area (Å²) in [6.07, 6.45) is 2.90. The number of fused-ring (bicyclic) bond motifs is 1. The molecule has 0 spiro atoms. The lowest BCUT2D eigenvalue weighted by atomic mass is 9.93. The molecule has 2 N–H and O–H groups in total. The predicted octanol–water partition coefficient (Wildman–Crippen LogP) is 2.02. The molecule has 2 aliphatic rings. The molecule has 1 amide bonds. The van der Waals surface area contributed by atoms with Crippen molar-refractivity contribution in [1.82, 2.24) is 9.80 Å². The summed E-state index contributed by atoms with van der Waals surface area (Å²) in [6.45, 7) is 7.82. The molecule has 4 nitrogen and oxygen atoms in total. The van der Waals surface area contributed by atoms with Crippen molar-refractivity contribution in [3.8, 4) is 0 Å². The Labute approximate surface area is 139 Å². The first-order valence-corrected chi connectivity index (χ1v) is 8.91. The molecule has 2 aliphatic heterocycles. The zero-order chi connectivity index (χ0) is 16.4. The number of nitrogens with zero attached hydrogens (tertiary/aromatic N) is 2. The molecule has 0 saturated carbocycles. The molecule has 1 aromatic carbocycles. The SMILES string of the molecule is CC(C)C(C(=O)N1CCC(N)CC1)N1CCc2ccccc2C1. The Kier molecular flexibility index (Phi) is 5.02. The number of benzene rings is 1. The Hall–Kier alpha value is -1.39. The molecule has 0 bridgehead atoms. The summed E-state index contributed by atoms with van der Waals surface area (Å²) >= 11 is 0. The minimum Gasteiger partial charge on any atom is -0.341 e. The van der Waals surface area contributed by atoms with Crippen molar-refractivity contribution in [3.63, 3.8) is 0 Å². The first-order chi connectivity index (χ1) is 11.1. The van der Waals surface area contributed by atoms with Crippen molar-refractivity contribution in [2.75, 3.05) is 19.6 Å². The van der Waals surface area contributed by atoms with Crippen molar-refractivity contribution in [2.45, 2.75) is 51.7 Å². The minimum absolute atomic E-state index is 0.0160. The second-order valence-corrected chi connectivity index (χ2v) is 7.34.